The summed E-state index contributed by atoms with van der Waals surface area (Å²) in [5, 5.41) is 16.6. The van der Waals surface area contributed by atoms with Crippen LogP contribution in [0.2, 0.25) is 5.02 Å². The van der Waals surface area contributed by atoms with Crippen molar-refractivity contribution in [3.05, 3.63) is 79.7 Å². The Morgan fingerprint density at radius 1 is 1.18 bits per heavy atom. The van der Waals surface area contributed by atoms with Crippen LogP contribution in [0.1, 0.15) is 15.5 Å². The summed E-state index contributed by atoms with van der Waals surface area (Å²) >= 11 is 7.34. The number of benzene rings is 2. The first kappa shape index (κ1) is 27.3. The number of ether oxygens (including phenoxy) is 1. The van der Waals surface area contributed by atoms with E-state index < -0.39 is 4.92 Å². The fraction of sp³-hybridized carbons (Fsp3) is 0.320. The van der Waals surface area contributed by atoms with Gasteiger partial charge in [0.25, 0.3) is 11.6 Å². The van der Waals surface area contributed by atoms with Crippen LogP contribution in [-0.4, -0.2) is 78.1 Å². The number of nitro groups is 1. The topological polar surface area (TPSA) is 121 Å². The summed E-state index contributed by atoms with van der Waals surface area (Å²) in [5.41, 5.74) is 1.85. The zero-order valence-electron chi connectivity index (χ0n) is 20.7. The summed E-state index contributed by atoms with van der Waals surface area (Å²) < 4.78 is 5.15. The quantitative estimate of drug-likeness (QED) is 0.306. The van der Waals surface area contributed by atoms with Gasteiger partial charge in [-0.25, -0.2) is 9.78 Å². The number of methoxy groups -OCH3 is 1. The molecule has 0 unspecified atom stereocenters. The molecule has 1 saturated heterocycles. The van der Waals surface area contributed by atoms with Crippen LogP contribution in [0.3, 0.4) is 0 Å². The number of hydrogen-bond acceptors (Lipinski definition) is 8. The number of amides is 3. The van der Waals surface area contributed by atoms with Crippen LogP contribution < -0.4 is 10.2 Å². The molecule has 11 nitrogen and oxygen atoms in total. The third kappa shape index (κ3) is 6.97. The predicted molar refractivity (Wildman–Crippen MR) is 146 cm³/mol. The van der Waals surface area contributed by atoms with Crippen molar-refractivity contribution >= 4 is 51.9 Å². The van der Waals surface area contributed by atoms with Crippen LogP contribution in [0.15, 0.2) is 53.9 Å². The van der Waals surface area contributed by atoms with Gasteiger partial charge < -0.3 is 24.8 Å². The average Bonchev–Trinajstić information content (AvgIpc) is 3.39. The lowest BCUT2D eigenvalue weighted by molar-refractivity contribution is -0.384. The van der Waals surface area contributed by atoms with Crippen molar-refractivity contribution < 1.29 is 19.2 Å². The molecule has 0 aliphatic carbocycles. The van der Waals surface area contributed by atoms with Gasteiger partial charge in [0, 0.05) is 73.7 Å². The number of halogens is 1. The van der Waals surface area contributed by atoms with Gasteiger partial charge in [0.1, 0.15) is 10.7 Å². The van der Waals surface area contributed by atoms with E-state index in [1.165, 1.54) is 23.5 Å². The number of thiazole rings is 1. The van der Waals surface area contributed by atoms with Crippen LogP contribution in [0.5, 0.6) is 0 Å². The first-order valence-corrected chi connectivity index (χ1v) is 13.1. The number of carbonyl (C=O) groups is 2. The average molecular weight is 559 g/mol. The first-order valence-electron chi connectivity index (χ1n) is 11.9. The van der Waals surface area contributed by atoms with Crippen molar-refractivity contribution in [2.75, 3.05) is 56.7 Å². The van der Waals surface area contributed by atoms with E-state index in [4.69, 9.17) is 16.3 Å². The molecule has 4 rings (SSSR count). The van der Waals surface area contributed by atoms with E-state index in [2.05, 4.69) is 15.2 Å². The zero-order valence-corrected chi connectivity index (χ0v) is 22.3. The largest absolute Gasteiger partial charge is 0.383 e. The highest BCUT2D eigenvalue weighted by Crippen LogP contribution is 2.22. The van der Waals surface area contributed by atoms with Crippen molar-refractivity contribution in [1.29, 1.82) is 0 Å². The highest BCUT2D eigenvalue weighted by molar-refractivity contribution is 7.09. The number of aromatic nitrogens is 1. The summed E-state index contributed by atoms with van der Waals surface area (Å²) in [6, 6.07) is 13.0. The molecule has 0 radical (unpaired) electrons. The first-order chi connectivity index (χ1) is 18.3. The SMILES string of the molecule is COCCN(Cc1nc(C(=O)N2CCN(c3ccc([N+](=O)[O-])cc3)CC2)cs1)C(=O)Nc1cccc(Cl)c1. The molecule has 200 valence electrons. The number of rotatable bonds is 9. The molecule has 3 amide bonds. The van der Waals surface area contributed by atoms with Gasteiger partial charge in [-0.15, -0.1) is 11.3 Å². The number of nitrogens with zero attached hydrogens (tertiary/aromatic N) is 5. The minimum atomic E-state index is -0.426. The van der Waals surface area contributed by atoms with Gasteiger partial charge in [-0.1, -0.05) is 17.7 Å². The van der Waals surface area contributed by atoms with Gasteiger partial charge in [0.05, 0.1) is 18.1 Å². The summed E-state index contributed by atoms with van der Waals surface area (Å²) in [6.07, 6.45) is 0. The zero-order chi connectivity index (χ0) is 27.1. The third-order valence-electron chi connectivity index (χ3n) is 6.02. The summed E-state index contributed by atoms with van der Waals surface area (Å²) in [7, 11) is 1.56. The number of hydrogen-bond donors (Lipinski definition) is 1. The van der Waals surface area contributed by atoms with Crippen LogP contribution >= 0.6 is 22.9 Å². The number of nitro benzene ring substituents is 1. The van der Waals surface area contributed by atoms with Crippen LogP contribution in [0.4, 0.5) is 21.9 Å². The molecular formula is C25H27ClN6O5S. The normalized spacial score (nSPS) is 13.3. The number of urea groups is 1. The van der Waals surface area contributed by atoms with E-state index >= 15 is 0 Å². The monoisotopic (exact) mass is 558 g/mol. The number of carbonyl (C=O) groups excluding carboxylic acids is 2. The molecule has 0 saturated carbocycles. The third-order valence-corrected chi connectivity index (χ3v) is 7.09. The fourth-order valence-corrected chi connectivity index (χ4v) is 4.96. The van der Waals surface area contributed by atoms with Crippen molar-refractivity contribution in [2.24, 2.45) is 0 Å². The van der Waals surface area contributed by atoms with Crippen LogP contribution in [-0.2, 0) is 11.3 Å². The Morgan fingerprint density at radius 2 is 1.92 bits per heavy atom. The van der Waals surface area contributed by atoms with Gasteiger partial charge in [-0.2, -0.15) is 0 Å². The lowest BCUT2D eigenvalue weighted by atomic mass is 10.2. The molecule has 3 aromatic rings. The molecule has 1 aromatic heterocycles. The van der Waals surface area contributed by atoms with E-state index in [1.54, 1.807) is 58.7 Å². The van der Waals surface area contributed by atoms with Gasteiger partial charge in [-0.05, 0) is 30.3 Å². The van der Waals surface area contributed by atoms with Gasteiger partial charge in [0.15, 0.2) is 0 Å². The molecule has 1 fully saturated rings. The molecule has 13 heteroatoms. The van der Waals surface area contributed by atoms with E-state index in [9.17, 15) is 19.7 Å². The molecule has 0 bridgehead atoms. The lowest BCUT2D eigenvalue weighted by Gasteiger charge is -2.35. The Labute approximate surface area is 228 Å². The molecule has 1 aliphatic heterocycles. The Hall–Kier alpha value is -3.74. The summed E-state index contributed by atoms with van der Waals surface area (Å²) in [4.78, 5) is 46.4. The fourth-order valence-electron chi connectivity index (χ4n) is 3.98. The smallest absolute Gasteiger partial charge is 0.322 e. The maximum atomic E-state index is 13.1. The molecule has 1 N–H and O–H groups in total. The highest BCUT2D eigenvalue weighted by Gasteiger charge is 2.25. The molecule has 38 heavy (non-hydrogen) atoms. The van der Waals surface area contributed by atoms with Crippen molar-refractivity contribution in [3.63, 3.8) is 0 Å². The van der Waals surface area contributed by atoms with Gasteiger partial charge in [-0.3, -0.25) is 14.9 Å². The number of piperazine rings is 1. The molecular weight excluding hydrogens is 532 g/mol. The lowest BCUT2D eigenvalue weighted by Crippen LogP contribution is -2.48. The van der Waals surface area contributed by atoms with Crippen LogP contribution in [0, 0.1) is 10.1 Å². The minimum absolute atomic E-state index is 0.0460. The summed E-state index contributed by atoms with van der Waals surface area (Å²) in [6.45, 7) is 3.14. The minimum Gasteiger partial charge on any atom is -0.383 e. The van der Waals surface area contributed by atoms with E-state index in [-0.39, 0.29) is 24.2 Å². The van der Waals surface area contributed by atoms with Crippen molar-refractivity contribution in [3.8, 4) is 0 Å². The molecule has 0 spiro atoms. The Morgan fingerprint density at radius 3 is 2.58 bits per heavy atom. The van der Waals surface area contributed by atoms with Gasteiger partial charge in [0.2, 0.25) is 0 Å². The van der Waals surface area contributed by atoms with Gasteiger partial charge >= 0.3 is 6.03 Å². The second kappa shape index (κ2) is 12.7. The molecule has 0 atom stereocenters. The maximum absolute atomic E-state index is 13.1. The van der Waals surface area contributed by atoms with E-state index in [0.717, 1.165) is 5.69 Å². The number of nitrogens with one attached hydrogen (secondary N) is 1. The van der Waals surface area contributed by atoms with Crippen molar-refractivity contribution in [2.45, 2.75) is 6.54 Å². The molecule has 2 aromatic carbocycles. The Balaban J connectivity index is 1.34. The Kier molecular flexibility index (Phi) is 9.10. The Bertz CT molecular complexity index is 1280. The number of non-ortho nitro benzene ring substituents is 1. The highest BCUT2D eigenvalue weighted by atomic mass is 35.5. The number of anilines is 2. The van der Waals surface area contributed by atoms with Crippen molar-refractivity contribution in [1.82, 2.24) is 14.8 Å². The predicted octanol–water partition coefficient (Wildman–Crippen LogP) is 4.35. The van der Waals surface area contributed by atoms with E-state index in [0.29, 0.717) is 60.7 Å². The molecule has 2 heterocycles. The second-order valence-corrected chi connectivity index (χ2v) is 9.91. The molecule has 1 aliphatic rings. The van der Waals surface area contributed by atoms with Crippen LogP contribution in [0.25, 0.3) is 0 Å². The standard InChI is InChI=1S/C25H27ClN6O5S/c1-37-14-13-31(25(34)27-19-4-2-3-18(26)15-19)16-23-28-22(17-38-23)24(33)30-11-9-29(10-12-30)20-5-7-21(8-6-20)32(35)36/h2-8,15,17H,9-14,16H2,1H3,(H,27,34). The maximum Gasteiger partial charge on any atom is 0.322 e. The second-order valence-electron chi connectivity index (χ2n) is 8.53. The van der Waals surface area contributed by atoms with E-state index in [1.807, 2.05) is 0 Å². The summed E-state index contributed by atoms with van der Waals surface area (Å²) in [5.74, 6) is -0.164.